The first-order valence-electron chi connectivity index (χ1n) is 16.6. The van der Waals surface area contributed by atoms with E-state index in [4.69, 9.17) is 0 Å². The van der Waals surface area contributed by atoms with Crippen molar-refractivity contribution in [2.45, 2.75) is 12.3 Å². The molecule has 0 fully saturated rings. The molecule has 0 aliphatic carbocycles. The van der Waals surface area contributed by atoms with Crippen LogP contribution in [0.25, 0.3) is 32.7 Å². The Morgan fingerprint density at radius 1 is 0.271 bits per heavy atom. The minimum atomic E-state index is -0.618. The zero-order chi connectivity index (χ0) is 32.1. The first-order valence-corrected chi connectivity index (χ1v) is 19.6. The molecule has 8 aromatic carbocycles. The summed E-state index contributed by atoms with van der Waals surface area (Å²) in [6, 6.07) is 72.1. The fourth-order valence-corrected chi connectivity index (χ4v) is 11.4. The molecule has 8 aromatic rings. The number of fused-ring (bicyclic) bond motifs is 2. The Hall–Kier alpha value is -4.86. The van der Waals surface area contributed by atoms with Crippen LogP contribution in [0.1, 0.15) is 11.1 Å². The highest BCUT2D eigenvalue weighted by Crippen LogP contribution is 2.46. The Labute approximate surface area is 286 Å². The van der Waals surface area contributed by atoms with Gasteiger partial charge in [0.1, 0.15) is 0 Å². The Balaban J connectivity index is 1.34. The molecule has 0 aliphatic rings. The molecule has 0 radical (unpaired) electrons. The molecule has 0 amide bonds. The van der Waals surface area contributed by atoms with E-state index in [1.54, 1.807) is 0 Å². The Kier molecular flexibility index (Phi) is 8.95. The van der Waals surface area contributed by atoms with Gasteiger partial charge in [0.15, 0.2) is 0 Å². The van der Waals surface area contributed by atoms with Gasteiger partial charge in [0.2, 0.25) is 0 Å². The molecule has 0 saturated heterocycles. The summed E-state index contributed by atoms with van der Waals surface area (Å²) in [5.41, 5.74) is 5.52. The van der Waals surface area contributed by atoms with Gasteiger partial charge in [-0.25, -0.2) is 0 Å². The average molecular weight is 651 g/mol. The molecule has 0 aliphatic heterocycles. The maximum Gasteiger partial charge on any atom is 0.00138 e. The minimum absolute atomic E-state index is 0.618. The van der Waals surface area contributed by atoms with E-state index in [0.29, 0.717) is 0 Å². The first-order chi connectivity index (χ1) is 23.8. The second-order valence-electron chi connectivity index (χ2n) is 12.2. The summed E-state index contributed by atoms with van der Waals surface area (Å²) in [5, 5.41) is 10.8. The van der Waals surface area contributed by atoms with Gasteiger partial charge in [-0.3, -0.25) is 0 Å². The minimum Gasteiger partial charge on any atom is -0.0622 e. The van der Waals surface area contributed by atoms with Crippen molar-refractivity contribution in [3.8, 4) is 11.1 Å². The molecule has 8 rings (SSSR count). The summed E-state index contributed by atoms with van der Waals surface area (Å²) in [5.74, 6) is 0. The number of hydrogen-bond donors (Lipinski definition) is 0. The van der Waals surface area contributed by atoms with Gasteiger partial charge in [-0.15, -0.1) is 0 Å². The van der Waals surface area contributed by atoms with Crippen molar-refractivity contribution in [2.24, 2.45) is 0 Å². The molecule has 0 heterocycles. The summed E-state index contributed by atoms with van der Waals surface area (Å²) in [6.07, 6.45) is 1.95. The lowest BCUT2D eigenvalue weighted by molar-refractivity contribution is 1.37. The highest BCUT2D eigenvalue weighted by atomic mass is 31.1. The largest absolute Gasteiger partial charge is 0.0622 e. The summed E-state index contributed by atoms with van der Waals surface area (Å²) in [4.78, 5) is 0. The van der Waals surface area contributed by atoms with Crippen molar-refractivity contribution >= 4 is 58.6 Å². The van der Waals surface area contributed by atoms with E-state index in [1.807, 2.05) is 0 Å². The Morgan fingerprint density at radius 3 is 0.812 bits per heavy atom. The van der Waals surface area contributed by atoms with E-state index in [0.717, 1.165) is 12.3 Å². The van der Waals surface area contributed by atoms with Gasteiger partial charge in [0.05, 0.1) is 0 Å². The molecular formula is C46H36P2. The van der Waals surface area contributed by atoms with Gasteiger partial charge >= 0.3 is 0 Å². The van der Waals surface area contributed by atoms with Crippen molar-refractivity contribution < 1.29 is 0 Å². The van der Waals surface area contributed by atoms with Crippen molar-refractivity contribution in [3.63, 3.8) is 0 Å². The molecule has 0 aromatic heterocycles. The van der Waals surface area contributed by atoms with Crippen LogP contribution in [0.4, 0.5) is 0 Å². The fourth-order valence-electron chi connectivity index (χ4n) is 6.77. The zero-order valence-electron chi connectivity index (χ0n) is 26.8. The van der Waals surface area contributed by atoms with E-state index in [-0.39, 0.29) is 0 Å². The topological polar surface area (TPSA) is 0 Å². The lowest BCUT2D eigenvalue weighted by Gasteiger charge is -2.24. The normalized spacial score (nSPS) is 11.5. The van der Waals surface area contributed by atoms with E-state index in [1.165, 1.54) is 65.0 Å². The quantitative estimate of drug-likeness (QED) is 0.136. The van der Waals surface area contributed by atoms with Crippen LogP contribution in [0, 0.1) is 0 Å². The SMILES string of the molecule is c1ccc(P(Cc2cc3ccccc3cc2-c2cc3ccccc3cc2CP(c2ccccc2)c2ccccc2)c2ccccc2)cc1. The Bertz CT molecular complexity index is 2040. The molecule has 0 spiro atoms. The molecule has 0 saturated carbocycles. The molecule has 2 heteroatoms. The summed E-state index contributed by atoms with van der Waals surface area (Å²) in [7, 11) is -1.24. The smallest absolute Gasteiger partial charge is 0.00138 e. The molecule has 0 N–H and O–H groups in total. The molecule has 0 bridgehead atoms. The van der Waals surface area contributed by atoms with Gasteiger partial charge in [0.25, 0.3) is 0 Å². The number of benzene rings is 8. The van der Waals surface area contributed by atoms with E-state index in [9.17, 15) is 0 Å². The maximum atomic E-state index is 2.47. The molecule has 0 nitrogen and oxygen atoms in total. The predicted octanol–water partition coefficient (Wildman–Crippen LogP) is 10.9. The molecule has 230 valence electrons. The molecule has 48 heavy (non-hydrogen) atoms. The van der Waals surface area contributed by atoms with Gasteiger partial charge in [0, 0.05) is 12.3 Å². The zero-order valence-corrected chi connectivity index (χ0v) is 28.6. The van der Waals surface area contributed by atoms with Crippen LogP contribution in [-0.2, 0) is 12.3 Å². The van der Waals surface area contributed by atoms with Crippen LogP contribution in [0.15, 0.2) is 194 Å². The monoisotopic (exact) mass is 650 g/mol. The van der Waals surface area contributed by atoms with E-state index < -0.39 is 15.8 Å². The van der Waals surface area contributed by atoms with Crippen molar-refractivity contribution in [2.75, 3.05) is 0 Å². The van der Waals surface area contributed by atoms with Crippen LogP contribution in [0.3, 0.4) is 0 Å². The summed E-state index contributed by atoms with van der Waals surface area (Å²) < 4.78 is 0. The van der Waals surface area contributed by atoms with Crippen LogP contribution < -0.4 is 21.2 Å². The predicted molar refractivity (Wildman–Crippen MR) is 212 cm³/mol. The van der Waals surface area contributed by atoms with Crippen LogP contribution >= 0.6 is 15.8 Å². The Morgan fingerprint density at radius 2 is 0.521 bits per heavy atom. The van der Waals surface area contributed by atoms with Crippen molar-refractivity contribution in [1.29, 1.82) is 0 Å². The number of rotatable bonds is 9. The average Bonchev–Trinajstić information content (AvgIpc) is 3.16. The van der Waals surface area contributed by atoms with Gasteiger partial charge in [-0.1, -0.05) is 182 Å². The third kappa shape index (κ3) is 6.48. The summed E-state index contributed by atoms with van der Waals surface area (Å²) >= 11 is 0. The molecule has 0 atom stereocenters. The van der Waals surface area contributed by atoms with Gasteiger partial charge in [-0.05, 0) is 93.0 Å². The maximum absolute atomic E-state index is 2.47. The third-order valence-corrected chi connectivity index (χ3v) is 14.2. The molecular weight excluding hydrogens is 614 g/mol. The second kappa shape index (κ2) is 14.1. The van der Waals surface area contributed by atoms with Crippen LogP contribution in [-0.4, -0.2) is 0 Å². The third-order valence-electron chi connectivity index (χ3n) is 9.16. The van der Waals surface area contributed by atoms with Crippen LogP contribution in [0.5, 0.6) is 0 Å². The highest BCUT2D eigenvalue weighted by molar-refractivity contribution is 7.72. The standard InChI is InChI=1S/C46H36P2/c1-5-21-41(22-6-1)47(42-23-7-2-8-24-42)33-39-29-35-17-13-15-19-37(35)31-45(39)46-32-38-20-16-14-18-36(38)30-40(46)34-48(43-25-9-3-10-26-43)44-27-11-4-12-28-44/h1-32H,33-34H2. The second-order valence-corrected chi connectivity index (χ2v) is 16.6. The highest BCUT2D eigenvalue weighted by Gasteiger charge is 2.22. The lowest BCUT2D eigenvalue weighted by atomic mass is 9.91. The number of hydrogen-bond acceptors (Lipinski definition) is 0. The lowest BCUT2D eigenvalue weighted by Crippen LogP contribution is -2.14. The van der Waals surface area contributed by atoms with Crippen molar-refractivity contribution in [3.05, 3.63) is 205 Å². The van der Waals surface area contributed by atoms with Crippen molar-refractivity contribution in [1.82, 2.24) is 0 Å². The van der Waals surface area contributed by atoms with E-state index in [2.05, 4.69) is 194 Å². The first kappa shape index (κ1) is 30.5. The fraction of sp³-hybridized carbons (Fsp3) is 0.0435. The summed E-state index contributed by atoms with van der Waals surface area (Å²) in [6.45, 7) is 0. The van der Waals surface area contributed by atoms with Crippen LogP contribution in [0.2, 0.25) is 0 Å². The molecule has 0 unspecified atom stereocenters. The van der Waals surface area contributed by atoms with E-state index >= 15 is 0 Å². The van der Waals surface area contributed by atoms with Gasteiger partial charge < -0.3 is 0 Å². The van der Waals surface area contributed by atoms with Gasteiger partial charge in [-0.2, -0.15) is 0 Å².